The van der Waals surface area contributed by atoms with Crippen LogP contribution >= 0.6 is 0 Å². The quantitative estimate of drug-likeness (QED) is 0.105. The fraction of sp³-hybridized carbons (Fsp3) is 0.588. The predicted octanol–water partition coefficient (Wildman–Crippen LogP) is -17.2. The largest absolute Gasteiger partial charge is 4.00 e. The number of carboxylic acid groups (broad SMARTS) is 7. The van der Waals surface area contributed by atoms with Crippen LogP contribution in [0.1, 0.15) is 6.92 Å². The third kappa shape index (κ3) is 277. The van der Waals surface area contributed by atoms with E-state index in [2.05, 4.69) is 40.1 Å². The number of aliphatic carboxylic acids is 7. The SMILES string of the molecule is CC(O)CO.NCC(=O)[O-].NCC(=O)[O-].NCC(=O)[O-].NCC(=O)[O-].NCC(=O)[O-].NCC(=O)[O-].NCC(=O)[O-].[Al+3].[Zr+4]. The van der Waals surface area contributed by atoms with Gasteiger partial charge in [-0.15, -0.1) is 0 Å². The molecule has 42 heavy (non-hydrogen) atoms. The standard InChI is InChI=1S/C3H8O2.7C2H5NO2.Al.Zr/c1-3(5)2-4;7*3-1-2(4)5;;/h3-5H,2H2,1H3;7*1,3H2,(H,4,5);;/q;;;;;;;;+3;+4/p-7. The smallest absolute Gasteiger partial charge is 0.549 e. The Morgan fingerprint density at radius 3 is 0.524 bits per heavy atom. The maximum absolute atomic E-state index is 9.13. The van der Waals surface area contributed by atoms with Crippen molar-refractivity contribution < 1.29 is 106 Å². The van der Waals surface area contributed by atoms with Gasteiger partial charge in [-0.3, -0.25) is 0 Å². The molecule has 0 saturated heterocycles. The number of nitrogens with two attached hydrogens (primary N) is 7. The van der Waals surface area contributed by atoms with Crippen molar-refractivity contribution >= 4 is 59.1 Å². The van der Waals surface area contributed by atoms with Crippen molar-refractivity contribution in [1.82, 2.24) is 0 Å². The van der Waals surface area contributed by atoms with Crippen molar-refractivity contribution in [1.29, 1.82) is 0 Å². The number of carbonyl (C=O) groups is 7. The second-order valence-electron chi connectivity index (χ2n) is 5.06. The first-order valence-electron chi connectivity index (χ1n) is 9.75. The van der Waals surface area contributed by atoms with E-state index < -0.39 is 47.9 Å². The number of rotatable bonds is 8. The Morgan fingerprint density at radius 2 is 0.524 bits per heavy atom. The summed E-state index contributed by atoms with van der Waals surface area (Å²) in [5.74, 6) is -8.52. The molecule has 0 bridgehead atoms. The van der Waals surface area contributed by atoms with Crippen LogP contribution in [0.2, 0.25) is 0 Å². The van der Waals surface area contributed by atoms with E-state index >= 15 is 0 Å². The van der Waals surface area contributed by atoms with E-state index in [4.69, 9.17) is 79.5 Å². The minimum absolute atomic E-state index is 0. The number of hydrogen-bond donors (Lipinski definition) is 9. The molecule has 0 aromatic heterocycles. The summed E-state index contributed by atoms with van der Waals surface area (Å²) < 4.78 is 0. The van der Waals surface area contributed by atoms with Crippen LogP contribution in [-0.2, 0) is 59.8 Å². The normalized spacial score (nSPS) is 7.95. The van der Waals surface area contributed by atoms with Crippen molar-refractivity contribution in [3.05, 3.63) is 0 Å². The molecule has 0 aliphatic heterocycles. The maximum Gasteiger partial charge on any atom is 4.00 e. The Labute approximate surface area is 269 Å². The Kier molecular flexibility index (Phi) is 99.3. The van der Waals surface area contributed by atoms with Gasteiger partial charge in [0.25, 0.3) is 0 Å². The molecule has 0 aromatic rings. The fourth-order valence-corrected chi connectivity index (χ4v) is 0. The zero-order chi connectivity index (χ0) is 34.3. The van der Waals surface area contributed by atoms with Gasteiger partial charge in [0.15, 0.2) is 0 Å². The summed E-state index contributed by atoms with van der Waals surface area (Å²) in [4.78, 5) is 63.9. The van der Waals surface area contributed by atoms with E-state index in [1.54, 1.807) is 0 Å². The molecule has 242 valence electrons. The zero-order valence-electron chi connectivity index (χ0n) is 22.5. The third-order valence-corrected chi connectivity index (χ3v) is 1.43. The second kappa shape index (κ2) is 62.1. The van der Waals surface area contributed by atoms with E-state index in [1.165, 1.54) is 6.92 Å². The van der Waals surface area contributed by atoms with Gasteiger partial charge in [-0.05, 0) is 6.92 Å². The molecule has 25 heteroatoms. The summed E-state index contributed by atoms with van der Waals surface area (Å²) in [6.45, 7) is -1.33. The molecule has 1 unspecified atom stereocenters. The van der Waals surface area contributed by atoms with Crippen LogP contribution in [0.15, 0.2) is 0 Å². The van der Waals surface area contributed by atoms with Crippen molar-refractivity contribution in [3.8, 4) is 0 Å². The molecule has 1 atom stereocenters. The van der Waals surface area contributed by atoms with E-state index in [-0.39, 0.29) is 96.0 Å². The van der Waals surface area contributed by atoms with Crippen LogP contribution < -0.4 is 75.9 Å². The zero-order valence-corrected chi connectivity index (χ0v) is 26.1. The van der Waals surface area contributed by atoms with E-state index in [9.17, 15) is 0 Å². The summed E-state index contributed by atoms with van der Waals surface area (Å²) >= 11 is 0. The molecule has 0 spiro atoms. The molecular formula is C17H36AlN7O16Zr. The topological polar surface area (TPSA) is 504 Å². The predicted molar refractivity (Wildman–Crippen MR) is 123 cm³/mol. The number of carbonyl (C=O) groups excluding carboxylic acids is 7. The van der Waals surface area contributed by atoms with Crippen molar-refractivity contribution in [2.24, 2.45) is 40.1 Å². The first kappa shape index (κ1) is 67.2. The van der Waals surface area contributed by atoms with Crippen molar-refractivity contribution in [2.45, 2.75) is 13.0 Å². The molecule has 0 fully saturated rings. The molecule has 0 rings (SSSR count). The van der Waals surface area contributed by atoms with E-state index in [0.717, 1.165) is 0 Å². The summed E-state index contributed by atoms with van der Waals surface area (Å²) in [5, 5.41) is 79.9. The van der Waals surface area contributed by atoms with Crippen LogP contribution in [0.3, 0.4) is 0 Å². The van der Waals surface area contributed by atoms with E-state index in [0.29, 0.717) is 0 Å². The van der Waals surface area contributed by atoms with Crippen LogP contribution in [0.25, 0.3) is 0 Å². The number of carboxylic acids is 7. The molecular weight excluding hydrogens is 676 g/mol. The summed E-state index contributed by atoms with van der Waals surface area (Å²) in [6, 6.07) is 0. The Bertz CT molecular complexity index is 513. The van der Waals surface area contributed by atoms with Gasteiger partial charge < -0.3 is 120 Å². The fourth-order valence-electron chi connectivity index (χ4n) is 0. The molecule has 0 radical (unpaired) electrons. The Morgan fingerprint density at radius 1 is 0.476 bits per heavy atom. The molecule has 16 N–H and O–H groups in total. The van der Waals surface area contributed by atoms with Gasteiger partial charge in [0.05, 0.1) is 54.5 Å². The number of aliphatic hydroxyl groups is 2. The molecule has 0 heterocycles. The summed E-state index contributed by atoms with van der Waals surface area (Å²) in [7, 11) is 0. The van der Waals surface area contributed by atoms with Gasteiger partial charge in [-0.2, -0.15) is 0 Å². The molecule has 0 aliphatic rings. The van der Waals surface area contributed by atoms with Gasteiger partial charge in [-0.25, -0.2) is 0 Å². The van der Waals surface area contributed by atoms with Crippen molar-refractivity contribution in [2.75, 3.05) is 52.4 Å². The average molecular weight is 713 g/mol. The first-order chi connectivity index (χ1) is 18.2. The van der Waals surface area contributed by atoms with Crippen LogP contribution in [0.5, 0.6) is 0 Å². The van der Waals surface area contributed by atoms with E-state index in [1.807, 2.05) is 0 Å². The summed E-state index contributed by atoms with van der Waals surface area (Å²) in [6.07, 6.45) is -0.560. The minimum Gasteiger partial charge on any atom is -0.549 e. The van der Waals surface area contributed by atoms with Gasteiger partial charge >= 0.3 is 43.6 Å². The van der Waals surface area contributed by atoms with Gasteiger partial charge in [0.1, 0.15) is 0 Å². The monoisotopic (exact) mass is 711 g/mol. The number of hydrogen-bond acceptors (Lipinski definition) is 23. The number of aliphatic hydroxyl groups excluding tert-OH is 2. The average Bonchev–Trinajstić information content (AvgIpc) is 2.90. The third-order valence-electron chi connectivity index (χ3n) is 1.43. The first-order valence-corrected chi connectivity index (χ1v) is 9.75. The Balaban J connectivity index is -0.0000000346. The van der Waals surface area contributed by atoms with Crippen LogP contribution in [-0.4, -0.2) is 128 Å². The maximum atomic E-state index is 9.13. The van der Waals surface area contributed by atoms with Gasteiger partial charge in [-0.1, -0.05) is 0 Å². The summed E-state index contributed by atoms with van der Waals surface area (Å²) in [5.41, 5.74) is 31.6. The minimum atomic E-state index is -1.22. The van der Waals surface area contributed by atoms with Crippen LogP contribution in [0, 0.1) is 0 Å². The van der Waals surface area contributed by atoms with Gasteiger partial charge in [0, 0.05) is 45.8 Å². The Hall–Kier alpha value is -2.65. The van der Waals surface area contributed by atoms with Crippen molar-refractivity contribution in [3.63, 3.8) is 0 Å². The molecule has 0 aromatic carbocycles. The van der Waals surface area contributed by atoms with Crippen LogP contribution in [0.4, 0.5) is 0 Å². The molecule has 0 amide bonds. The second-order valence-corrected chi connectivity index (χ2v) is 5.06. The molecule has 0 aliphatic carbocycles. The molecule has 0 saturated carbocycles. The molecule has 23 nitrogen and oxygen atoms in total. The van der Waals surface area contributed by atoms with Gasteiger partial charge in [0.2, 0.25) is 0 Å².